The summed E-state index contributed by atoms with van der Waals surface area (Å²) in [6, 6.07) is 0. The van der Waals surface area contributed by atoms with Gasteiger partial charge in [-0.25, -0.2) is 4.99 Å². The first-order valence-electron chi connectivity index (χ1n) is 5.16. The molecule has 2 aliphatic heterocycles. The highest BCUT2D eigenvalue weighted by Gasteiger charge is 2.20. The molecule has 15 heavy (non-hydrogen) atoms. The SMILES string of the molecule is N#CNC1=NCN(C[C@@H]2CCCO2)CN1. The predicted octanol–water partition coefficient (Wildman–Crippen LogP) is -0.588. The van der Waals surface area contributed by atoms with Gasteiger partial charge >= 0.3 is 0 Å². The second kappa shape index (κ2) is 4.96. The van der Waals surface area contributed by atoms with Gasteiger partial charge in [-0.1, -0.05) is 0 Å². The molecule has 0 amide bonds. The first kappa shape index (κ1) is 10.2. The smallest absolute Gasteiger partial charge is 0.207 e. The number of nitriles is 1. The molecule has 6 nitrogen and oxygen atoms in total. The van der Waals surface area contributed by atoms with Gasteiger partial charge in [0.25, 0.3) is 0 Å². The largest absolute Gasteiger partial charge is 0.377 e. The minimum atomic E-state index is 0.354. The summed E-state index contributed by atoms with van der Waals surface area (Å²) >= 11 is 0. The Balaban J connectivity index is 1.75. The molecule has 1 saturated heterocycles. The third-order valence-corrected chi connectivity index (χ3v) is 2.56. The van der Waals surface area contributed by atoms with Crippen molar-refractivity contribution in [2.75, 3.05) is 26.5 Å². The van der Waals surface area contributed by atoms with Crippen LogP contribution in [0.1, 0.15) is 12.8 Å². The molecule has 2 aliphatic rings. The van der Waals surface area contributed by atoms with Gasteiger partial charge in [-0.15, -0.1) is 0 Å². The average Bonchev–Trinajstić information content (AvgIpc) is 2.74. The van der Waals surface area contributed by atoms with E-state index in [9.17, 15) is 0 Å². The lowest BCUT2D eigenvalue weighted by atomic mass is 10.2. The fraction of sp³-hybridized carbons (Fsp3) is 0.778. The Bertz CT molecular complexity index is 279. The monoisotopic (exact) mass is 209 g/mol. The first-order chi connectivity index (χ1) is 7.38. The summed E-state index contributed by atoms with van der Waals surface area (Å²) in [6.07, 6.45) is 4.50. The van der Waals surface area contributed by atoms with Gasteiger partial charge in [0.2, 0.25) is 5.96 Å². The molecule has 0 aromatic rings. The highest BCUT2D eigenvalue weighted by Crippen LogP contribution is 2.13. The maximum Gasteiger partial charge on any atom is 0.207 e. The number of nitrogens with one attached hydrogen (secondary N) is 2. The number of hydrogen-bond acceptors (Lipinski definition) is 6. The summed E-state index contributed by atoms with van der Waals surface area (Å²) in [5.74, 6) is 0.557. The Morgan fingerprint density at radius 2 is 2.67 bits per heavy atom. The number of hydrogen-bond donors (Lipinski definition) is 2. The lowest BCUT2D eigenvalue weighted by Gasteiger charge is -2.27. The summed E-state index contributed by atoms with van der Waals surface area (Å²) in [5.41, 5.74) is 0. The van der Waals surface area contributed by atoms with Crippen molar-refractivity contribution in [1.82, 2.24) is 15.5 Å². The van der Waals surface area contributed by atoms with Crippen LogP contribution in [0.4, 0.5) is 0 Å². The van der Waals surface area contributed by atoms with Gasteiger partial charge in [-0.2, -0.15) is 5.26 Å². The molecule has 0 spiro atoms. The lowest BCUT2D eigenvalue weighted by molar-refractivity contribution is 0.0713. The Morgan fingerprint density at radius 1 is 1.73 bits per heavy atom. The Hall–Kier alpha value is -1.32. The van der Waals surface area contributed by atoms with Crippen LogP contribution in [-0.2, 0) is 4.74 Å². The van der Waals surface area contributed by atoms with Crippen molar-refractivity contribution in [3.63, 3.8) is 0 Å². The molecule has 1 fully saturated rings. The molecule has 2 N–H and O–H groups in total. The van der Waals surface area contributed by atoms with E-state index in [1.165, 1.54) is 0 Å². The molecule has 6 heteroatoms. The summed E-state index contributed by atoms with van der Waals surface area (Å²) in [4.78, 5) is 6.35. The molecule has 0 unspecified atom stereocenters. The van der Waals surface area contributed by atoms with E-state index in [0.29, 0.717) is 25.4 Å². The normalized spacial score (nSPS) is 26.6. The number of guanidine groups is 1. The molecular weight excluding hydrogens is 194 g/mol. The van der Waals surface area contributed by atoms with Crippen LogP contribution in [-0.4, -0.2) is 43.5 Å². The molecule has 0 aromatic heterocycles. The molecule has 0 saturated carbocycles. The van der Waals surface area contributed by atoms with Gasteiger partial charge in [-0.05, 0) is 12.8 Å². The van der Waals surface area contributed by atoms with Gasteiger partial charge in [0.05, 0.1) is 19.4 Å². The van der Waals surface area contributed by atoms with Gasteiger partial charge in [0.15, 0.2) is 6.19 Å². The van der Waals surface area contributed by atoms with E-state index in [2.05, 4.69) is 20.5 Å². The quantitative estimate of drug-likeness (QED) is 0.470. The number of aliphatic imine (C=N–C) groups is 1. The Labute approximate surface area is 88.9 Å². The van der Waals surface area contributed by atoms with Gasteiger partial charge < -0.3 is 10.1 Å². The van der Waals surface area contributed by atoms with E-state index in [1.54, 1.807) is 0 Å². The van der Waals surface area contributed by atoms with Crippen LogP contribution in [0, 0.1) is 11.5 Å². The maximum atomic E-state index is 8.40. The van der Waals surface area contributed by atoms with Crippen LogP contribution in [0.15, 0.2) is 4.99 Å². The second-order valence-electron chi connectivity index (χ2n) is 3.71. The van der Waals surface area contributed by atoms with Crippen molar-refractivity contribution >= 4 is 5.96 Å². The molecule has 0 aromatic carbocycles. The van der Waals surface area contributed by atoms with Crippen LogP contribution in [0.2, 0.25) is 0 Å². The standard InChI is InChI=1S/C9H15N5O/c10-5-11-9-12-6-14(7-13-9)4-8-2-1-3-15-8/h8H,1-4,6-7H2,(H2,11,12,13)/t8-/m0/s1. The van der Waals surface area contributed by atoms with E-state index >= 15 is 0 Å². The van der Waals surface area contributed by atoms with E-state index < -0.39 is 0 Å². The van der Waals surface area contributed by atoms with Gasteiger partial charge in [0, 0.05) is 13.2 Å². The zero-order valence-corrected chi connectivity index (χ0v) is 8.57. The Kier molecular flexibility index (Phi) is 3.37. The van der Waals surface area contributed by atoms with E-state index in [-0.39, 0.29) is 0 Å². The predicted molar refractivity (Wildman–Crippen MR) is 54.7 cm³/mol. The first-order valence-corrected chi connectivity index (χ1v) is 5.16. The summed E-state index contributed by atoms with van der Waals surface area (Å²) < 4.78 is 5.54. The van der Waals surface area contributed by atoms with Gasteiger partial charge in [0.1, 0.15) is 0 Å². The van der Waals surface area contributed by atoms with Crippen molar-refractivity contribution in [3.8, 4) is 6.19 Å². The number of rotatable bonds is 2. The molecular formula is C9H15N5O. The molecule has 82 valence electrons. The van der Waals surface area contributed by atoms with Gasteiger partial charge in [-0.3, -0.25) is 10.2 Å². The van der Waals surface area contributed by atoms with Crippen LogP contribution in [0.25, 0.3) is 0 Å². The third kappa shape index (κ3) is 2.81. The maximum absolute atomic E-state index is 8.40. The van der Waals surface area contributed by atoms with E-state index in [4.69, 9.17) is 10.00 Å². The van der Waals surface area contributed by atoms with Crippen LogP contribution < -0.4 is 10.6 Å². The summed E-state index contributed by atoms with van der Waals surface area (Å²) in [5, 5.41) is 13.9. The lowest BCUT2D eigenvalue weighted by Crippen LogP contribution is -2.49. The van der Waals surface area contributed by atoms with Crippen molar-refractivity contribution in [1.29, 1.82) is 5.26 Å². The topological polar surface area (TPSA) is 72.7 Å². The second-order valence-corrected chi connectivity index (χ2v) is 3.71. The van der Waals surface area contributed by atoms with Crippen LogP contribution in [0.3, 0.4) is 0 Å². The molecule has 2 rings (SSSR count). The molecule has 0 aliphatic carbocycles. The van der Waals surface area contributed by atoms with Crippen molar-refractivity contribution in [2.45, 2.75) is 18.9 Å². The molecule has 0 radical (unpaired) electrons. The zero-order chi connectivity index (χ0) is 10.5. The average molecular weight is 209 g/mol. The highest BCUT2D eigenvalue weighted by atomic mass is 16.5. The zero-order valence-electron chi connectivity index (χ0n) is 8.57. The summed E-state index contributed by atoms with van der Waals surface area (Å²) in [6.45, 7) is 3.14. The van der Waals surface area contributed by atoms with Crippen molar-refractivity contribution in [2.24, 2.45) is 4.99 Å². The van der Waals surface area contributed by atoms with E-state index in [0.717, 1.165) is 26.0 Å². The summed E-state index contributed by atoms with van der Waals surface area (Å²) in [7, 11) is 0. The van der Waals surface area contributed by atoms with E-state index in [1.807, 2.05) is 6.19 Å². The fourth-order valence-corrected chi connectivity index (χ4v) is 1.80. The molecule has 1 atom stereocenters. The minimum absolute atomic E-state index is 0.354. The number of nitrogens with zero attached hydrogens (tertiary/aromatic N) is 3. The van der Waals surface area contributed by atoms with Crippen molar-refractivity contribution < 1.29 is 4.74 Å². The third-order valence-electron chi connectivity index (χ3n) is 2.56. The van der Waals surface area contributed by atoms with Crippen LogP contribution in [0.5, 0.6) is 0 Å². The highest BCUT2D eigenvalue weighted by molar-refractivity contribution is 5.81. The van der Waals surface area contributed by atoms with Crippen LogP contribution >= 0.6 is 0 Å². The fourth-order valence-electron chi connectivity index (χ4n) is 1.80. The molecule has 0 bridgehead atoms. The number of ether oxygens (including phenoxy) is 1. The Morgan fingerprint density at radius 3 is 3.27 bits per heavy atom. The minimum Gasteiger partial charge on any atom is -0.377 e. The van der Waals surface area contributed by atoms with Crippen molar-refractivity contribution in [3.05, 3.63) is 0 Å². The molecule has 2 heterocycles.